The third kappa shape index (κ3) is 3.70. The average molecular weight is 250 g/mol. The summed E-state index contributed by atoms with van der Waals surface area (Å²) in [7, 11) is 2.00. The third-order valence-corrected chi connectivity index (χ3v) is 3.52. The van der Waals surface area contributed by atoms with E-state index in [0.717, 1.165) is 25.2 Å². The topological polar surface area (TPSA) is 34.1 Å². The summed E-state index contributed by atoms with van der Waals surface area (Å²) in [5.41, 5.74) is 1.39. The molecule has 0 bridgehead atoms. The van der Waals surface area contributed by atoms with Crippen LogP contribution in [0.2, 0.25) is 0 Å². The van der Waals surface area contributed by atoms with Crippen molar-refractivity contribution in [3.05, 3.63) is 24.0 Å². The predicted octanol–water partition coefficient (Wildman–Crippen LogP) is 3.57. The van der Waals surface area contributed by atoms with Crippen LogP contribution in [-0.2, 0) is 0 Å². The monoisotopic (exact) mass is 250 g/mol. The number of ether oxygens (including phenoxy) is 1. The molecule has 1 atom stereocenters. The van der Waals surface area contributed by atoms with E-state index in [9.17, 15) is 0 Å². The van der Waals surface area contributed by atoms with E-state index in [1.165, 1.54) is 5.56 Å². The molecule has 1 N–H and O–H groups in total. The molecular weight excluding hydrogens is 224 g/mol. The first-order valence-electron chi connectivity index (χ1n) is 6.80. The van der Waals surface area contributed by atoms with Crippen molar-refractivity contribution in [3.63, 3.8) is 0 Å². The standard InChI is InChI=1S/C15H26N2O/c1-6-8-18-13-9-12(10-17-11-13)14(16-5)15(3,4)7-2/h9-11,14,16H,6-8H2,1-5H3. The maximum atomic E-state index is 5.65. The number of pyridine rings is 1. The molecule has 0 saturated carbocycles. The molecule has 0 fully saturated rings. The Morgan fingerprint density at radius 2 is 2.06 bits per heavy atom. The van der Waals surface area contributed by atoms with E-state index < -0.39 is 0 Å². The lowest BCUT2D eigenvalue weighted by atomic mass is 9.79. The number of aromatic nitrogens is 1. The van der Waals surface area contributed by atoms with Crippen molar-refractivity contribution in [1.82, 2.24) is 10.3 Å². The summed E-state index contributed by atoms with van der Waals surface area (Å²) < 4.78 is 5.65. The predicted molar refractivity (Wildman–Crippen MR) is 75.9 cm³/mol. The number of hydrogen-bond acceptors (Lipinski definition) is 3. The molecule has 0 aliphatic rings. The Balaban J connectivity index is 2.92. The average Bonchev–Trinajstić information content (AvgIpc) is 2.37. The summed E-state index contributed by atoms with van der Waals surface area (Å²) in [5.74, 6) is 0.863. The van der Waals surface area contributed by atoms with Gasteiger partial charge in [0.25, 0.3) is 0 Å². The van der Waals surface area contributed by atoms with Gasteiger partial charge in [0.05, 0.1) is 12.8 Å². The number of rotatable bonds is 7. The van der Waals surface area contributed by atoms with Gasteiger partial charge >= 0.3 is 0 Å². The van der Waals surface area contributed by atoms with E-state index in [1.807, 2.05) is 13.2 Å². The molecule has 1 heterocycles. The minimum atomic E-state index is 0.194. The molecule has 1 aromatic rings. The molecule has 1 rings (SSSR count). The zero-order chi connectivity index (χ0) is 13.6. The highest BCUT2D eigenvalue weighted by atomic mass is 16.5. The molecule has 3 heteroatoms. The van der Waals surface area contributed by atoms with Crippen LogP contribution in [0.15, 0.2) is 18.5 Å². The van der Waals surface area contributed by atoms with Crippen LogP contribution < -0.4 is 10.1 Å². The van der Waals surface area contributed by atoms with Gasteiger partial charge in [-0.1, -0.05) is 27.7 Å². The van der Waals surface area contributed by atoms with Crippen LogP contribution in [0.3, 0.4) is 0 Å². The van der Waals surface area contributed by atoms with Gasteiger partial charge in [0.15, 0.2) is 0 Å². The molecule has 0 saturated heterocycles. The summed E-state index contributed by atoms with van der Waals surface area (Å²) in [6.07, 6.45) is 5.83. The Morgan fingerprint density at radius 1 is 1.33 bits per heavy atom. The van der Waals surface area contributed by atoms with Crippen LogP contribution in [0.4, 0.5) is 0 Å². The van der Waals surface area contributed by atoms with Gasteiger partial charge in [0.2, 0.25) is 0 Å². The first-order chi connectivity index (χ1) is 8.55. The lowest BCUT2D eigenvalue weighted by molar-refractivity contribution is 0.243. The molecule has 102 valence electrons. The molecule has 0 amide bonds. The van der Waals surface area contributed by atoms with Crippen LogP contribution in [0.25, 0.3) is 0 Å². The van der Waals surface area contributed by atoms with Crippen molar-refractivity contribution in [2.24, 2.45) is 5.41 Å². The van der Waals surface area contributed by atoms with E-state index in [4.69, 9.17) is 4.74 Å². The van der Waals surface area contributed by atoms with E-state index in [1.54, 1.807) is 6.20 Å². The van der Waals surface area contributed by atoms with Crippen LogP contribution in [-0.4, -0.2) is 18.6 Å². The minimum Gasteiger partial charge on any atom is -0.492 e. The van der Waals surface area contributed by atoms with Crippen molar-refractivity contribution in [3.8, 4) is 5.75 Å². The zero-order valence-corrected chi connectivity index (χ0v) is 12.3. The molecule has 3 nitrogen and oxygen atoms in total. The molecule has 0 aliphatic carbocycles. The first-order valence-corrected chi connectivity index (χ1v) is 6.80. The Kier molecular flexibility index (Phi) is 5.60. The first kappa shape index (κ1) is 15.0. The van der Waals surface area contributed by atoms with Crippen LogP contribution in [0, 0.1) is 5.41 Å². The molecule has 18 heavy (non-hydrogen) atoms. The van der Waals surface area contributed by atoms with Gasteiger partial charge in [-0.2, -0.15) is 0 Å². The molecule has 1 unspecified atom stereocenters. The van der Waals surface area contributed by atoms with E-state index >= 15 is 0 Å². The van der Waals surface area contributed by atoms with Crippen molar-refractivity contribution in [2.45, 2.75) is 46.6 Å². The highest BCUT2D eigenvalue weighted by Gasteiger charge is 2.28. The van der Waals surface area contributed by atoms with Crippen LogP contribution >= 0.6 is 0 Å². The van der Waals surface area contributed by atoms with Gasteiger partial charge in [-0.25, -0.2) is 0 Å². The van der Waals surface area contributed by atoms with Gasteiger partial charge in [-0.05, 0) is 36.9 Å². The maximum absolute atomic E-state index is 5.65. The molecule has 0 spiro atoms. The van der Waals surface area contributed by atoms with Crippen molar-refractivity contribution in [2.75, 3.05) is 13.7 Å². The van der Waals surface area contributed by atoms with Crippen molar-refractivity contribution >= 4 is 0 Å². The van der Waals surface area contributed by atoms with Crippen molar-refractivity contribution < 1.29 is 4.74 Å². The van der Waals surface area contributed by atoms with Gasteiger partial charge in [-0.3, -0.25) is 4.98 Å². The van der Waals surface area contributed by atoms with E-state index in [2.05, 4.69) is 44.1 Å². The molecule has 0 radical (unpaired) electrons. The Bertz CT molecular complexity index is 363. The van der Waals surface area contributed by atoms with Crippen LogP contribution in [0.1, 0.15) is 52.1 Å². The van der Waals surface area contributed by atoms with E-state index in [-0.39, 0.29) is 5.41 Å². The summed E-state index contributed by atoms with van der Waals surface area (Å²) in [6, 6.07) is 2.39. The van der Waals surface area contributed by atoms with E-state index in [0.29, 0.717) is 6.04 Å². The quantitative estimate of drug-likeness (QED) is 0.803. The molecule has 1 aromatic heterocycles. The summed E-state index contributed by atoms with van der Waals surface area (Å²) in [4.78, 5) is 4.29. The van der Waals surface area contributed by atoms with Gasteiger partial charge in [-0.15, -0.1) is 0 Å². The van der Waals surface area contributed by atoms with Gasteiger partial charge < -0.3 is 10.1 Å². The summed E-state index contributed by atoms with van der Waals surface area (Å²) in [5, 5.41) is 3.40. The lowest BCUT2D eigenvalue weighted by Crippen LogP contribution is -2.31. The highest BCUT2D eigenvalue weighted by Crippen LogP contribution is 2.36. The molecular formula is C15H26N2O. The largest absolute Gasteiger partial charge is 0.492 e. The third-order valence-electron chi connectivity index (χ3n) is 3.52. The fourth-order valence-electron chi connectivity index (χ4n) is 2.11. The molecule has 0 aliphatic heterocycles. The second-order valence-electron chi connectivity index (χ2n) is 5.37. The van der Waals surface area contributed by atoms with Gasteiger partial charge in [0.1, 0.15) is 5.75 Å². The second kappa shape index (κ2) is 6.74. The van der Waals surface area contributed by atoms with Crippen LogP contribution in [0.5, 0.6) is 5.75 Å². The number of nitrogens with zero attached hydrogens (tertiary/aromatic N) is 1. The minimum absolute atomic E-state index is 0.194. The normalized spacial score (nSPS) is 13.4. The SMILES string of the molecule is CCCOc1cncc(C(NC)C(C)(C)CC)c1. The second-order valence-corrected chi connectivity index (χ2v) is 5.37. The smallest absolute Gasteiger partial charge is 0.137 e. The highest BCUT2D eigenvalue weighted by molar-refractivity contribution is 5.27. The summed E-state index contributed by atoms with van der Waals surface area (Å²) in [6.45, 7) is 9.61. The Labute approximate surface area is 111 Å². The van der Waals surface area contributed by atoms with Crippen molar-refractivity contribution in [1.29, 1.82) is 0 Å². The zero-order valence-electron chi connectivity index (χ0n) is 12.3. The maximum Gasteiger partial charge on any atom is 0.137 e. The number of hydrogen-bond donors (Lipinski definition) is 1. The Hall–Kier alpha value is -1.09. The Morgan fingerprint density at radius 3 is 2.61 bits per heavy atom. The fraction of sp³-hybridized carbons (Fsp3) is 0.667. The van der Waals surface area contributed by atoms with Gasteiger partial charge in [0, 0.05) is 12.2 Å². The summed E-state index contributed by atoms with van der Waals surface area (Å²) >= 11 is 0. The molecule has 0 aromatic carbocycles. The fourth-order valence-corrected chi connectivity index (χ4v) is 2.11. The number of nitrogens with one attached hydrogen (secondary N) is 1. The lowest BCUT2D eigenvalue weighted by Gasteiger charge is -2.33.